The highest BCUT2D eigenvalue weighted by molar-refractivity contribution is 5.86. The fourth-order valence-electron chi connectivity index (χ4n) is 2.00. The van der Waals surface area contributed by atoms with Gasteiger partial charge in [0.2, 0.25) is 0 Å². The van der Waals surface area contributed by atoms with Crippen LogP contribution in [0.5, 0.6) is 0 Å². The van der Waals surface area contributed by atoms with Gasteiger partial charge in [0.15, 0.2) is 0 Å². The summed E-state index contributed by atoms with van der Waals surface area (Å²) in [5, 5.41) is 12.0. The highest BCUT2D eigenvalue weighted by atomic mass is 16.4. The zero-order valence-corrected chi connectivity index (χ0v) is 10.4. The van der Waals surface area contributed by atoms with Crippen molar-refractivity contribution in [3.63, 3.8) is 0 Å². The minimum absolute atomic E-state index is 0.164. The van der Waals surface area contributed by atoms with Crippen LogP contribution in [0.25, 0.3) is 0 Å². The smallest absolute Gasteiger partial charge is 0.329 e. The number of hydrogen-bond acceptors (Lipinski definition) is 2. The Morgan fingerprint density at radius 2 is 2.18 bits per heavy atom. The van der Waals surface area contributed by atoms with Crippen molar-refractivity contribution >= 4 is 12.0 Å². The van der Waals surface area contributed by atoms with Crippen LogP contribution in [0.2, 0.25) is 0 Å². The molecular weight excluding hydrogens is 220 g/mol. The van der Waals surface area contributed by atoms with Gasteiger partial charge >= 0.3 is 12.0 Å². The first kappa shape index (κ1) is 13.5. The molecule has 0 aliphatic carbocycles. The molecule has 96 valence electrons. The first-order valence-electron chi connectivity index (χ1n) is 5.86. The number of likely N-dealkylation sites (tertiary alicyclic amines) is 1. The summed E-state index contributed by atoms with van der Waals surface area (Å²) in [6.07, 6.45) is 3.79. The largest absolute Gasteiger partial charge is 0.480 e. The summed E-state index contributed by atoms with van der Waals surface area (Å²) < 4.78 is 0. The van der Waals surface area contributed by atoms with Gasteiger partial charge in [0.25, 0.3) is 0 Å². The molecule has 1 aliphatic heterocycles. The van der Waals surface area contributed by atoms with Crippen molar-refractivity contribution < 1.29 is 14.7 Å². The summed E-state index contributed by atoms with van der Waals surface area (Å²) in [6.45, 7) is 7.47. The third-order valence-electron chi connectivity index (χ3n) is 3.30. The van der Waals surface area contributed by atoms with Crippen LogP contribution in [0.4, 0.5) is 4.79 Å². The zero-order valence-electron chi connectivity index (χ0n) is 10.4. The first-order valence-corrected chi connectivity index (χ1v) is 5.86. The van der Waals surface area contributed by atoms with E-state index < -0.39 is 11.5 Å². The number of carbonyl (C=O) groups is 2. The van der Waals surface area contributed by atoms with E-state index in [9.17, 15) is 14.7 Å². The highest BCUT2D eigenvalue weighted by Crippen LogP contribution is 2.28. The highest BCUT2D eigenvalue weighted by Gasteiger charge is 2.44. The predicted octanol–water partition coefficient (Wildman–Crippen LogP) is 1.60. The molecule has 1 rings (SSSR count). The van der Waals surface area contributed by atoms with Crippen LogP contribution in [0, 0.1) is 0 Å². The second-order valence-corrected chi connectivity index (χ2v) is 4.66. The van der Waals surface area contributed by atoms with Gasteiger partial charge in [-0.2, -0.15) is 0 Å². The molecule has 1 saturated heterocycles. The van der Waals surface area contributed by atoms with Crippen LogP contribution in [-0.4, -0.2) is 40.1 Å². The van der Waals surface area contributed by atoms with Crippen molar-refractivity contribution in [1.82, 2.24) is 10.2 Å². The lowest BCUT2D eigenvalue weighted by molar-refractivity contribution is -0.150. The van der Waals surface area contributed by atoms with E-state index in [2.05, 4.69) is 11.9 Å². The number of piperidine rings is 1. The lowest BCUT2D eigenvalue weighted by Crippen LogP contribution is -2.60. The van der Waals surface area contributed by atoms with Crippen LogP contribution in [0.15, 0.2) is 12.7 Å². The molecular formula is C12H20N2O3. The van der Waals surface area contributed by atoms with E-state index in [0.29, 0.717) is 13.0 Å². The molecule has 0 saturated carbocycles. The molecule has 17 heavy (non-hydrogen) atoms. The van der Waals surface area contributed by atoms with E-state index in [0.717, 1.165) is 12.8 Å². The van der Waals surface area contributed by atoms with Crippen LogP contribution in [-0.2, 0) is 4.79 Å². The topological polar surface area (TPSA) is 69.6 Å². The van der Waals surface area contributed by atoms with Gasteiger partial charge < -0.3 is 15.3 Å². The van der Waals surface area contributed by atoms with Crippen molar-refractivity contribution in [2.45, 2.75) is 44.7 Å². The van der Waals surface area contributed by atoms with Gasteiger partial charge in [0.05, 0.1) is 0 Å². The lowest BCUT2D eigenvalue weighted by Gasteiger charge is -2.41. The Morgan fingerprint density at radius 3 is 2.71 bits per heavy atom. The second-order valence-electron chi connectivity index (χ2n) is 4.66. The standard InChI is InChI=1S/C12H20N2O3/c1-4-9(2)13-11(17)14-8-6-5-7-12(14,3)10(15)16/h4,9H,1,5-8H2,2-3H3,(H,13,17)(H,15,16). The Morgan fingerprint density at radius 1 is 1.53 bits per heavy atom. The molecule has 0 spiro atoms. The van der Waals surface area contributed by atoms with E-state index >= 15 is 0 Å². The third kappa shape index (κ3) is 2.78. The van der Waals surface area contributed by atoms with Crippen LogP contribution in [0.1, 0.15) is 33.1 Å². The Labute approximate surface area is 101 Å². The van der Waals surface area contributed by atoms with Gasteiger partial charge in [-0.15, -0.1) is 6.58 Å². The van der Waals surface area contributed by atoms with Crippen molar-refractivity contribution in [3.8, 4) is 0 Å². The van der Waals surface area contributed by atoms with E-state index in [1.54, 1.807) is 19.9 Å². The fourth-order valence-corrected chi connectivity index (χ4v) is 2.00. The molecule has 2 unspecified atom stereocenters. The number of amides is 2. The number of nitrogens with one attached hydrogen (secondary N) is 1. The number of carboxylic acid groups (broad SMARTS) is 1. The van der Waals surface area contributed by atoms with Crippen molar-refractivity contribution in [3.05, 3.63) is 12.7 Å². The molecule has 5 heteroatoms. The van der Waals surface area contributed by atoms with Gasteiger partial charge in [-0.3, -0.25) is 0 Å². The molecule has 1 aliphatic rings. The third-order valence-corrected chi connectivity index (χ3v) is 3.30. The molecule has 0 aromatic heterocycles. The minimum Gasteiger partial charge on any atom is -0.480 e. The molecule has 0 bridgehead atoms. The summed E-state index contributed by atoms with van der Waals surface area (Å²) in [5.74, 6) is -0.946. The summed E-state index contributed by atoms with van der Waals surface area (Å²) in [5.41, 5.74) is -1.09. The SMILES string of the molecule is C=CC(C)NC(=O)N1CCCCC1(C)C(=O)O. The van der Waals surface area contributed by atoms with E-state index in [1.807, 2.05) is 0 Å². The number of aliphatic carboxylic acids is 1. The predicted molar refractivity (Wildman–Crippen MR) is 64.8 cm³/mol. The lowest BCUT2D eigenvalue weighted by atomic mass is 9.89. The molecule has 2 atom stereocenters. The fraction of sp³-hybridized carbons (Fsp3) is 0.667. The van der Waals surface area contributed by atoms with Gasteiger partial charge in [0, 0.05) is 12.6 Å². The normalized spacial score (nSPS) is 26.1. The Balaban J connectivity index is 2.81. The molecule has 0 radical (unpaired) electrons. The van der Waals surface area contributed by atoms with Gasteiger partial charge in [0.1, 0.15) is 5.54 Å². The monoisotopic (exact) mass is 240 g/mol. The number of carboxylic acids is 1. The molecule has 1 heterocycles. The summed E-state index contributed by atoms with van der Waals surface area (Å²) in [6, 6.07) is -0.496. The van der Waals surface area contributed by atoms with E-state index in [4.69, 9.17) is 0 Å². The summed E-state index contributed by atoms with van der Waals surface area (Å²) >= 11 is 0. The van der Waals surface area contributed by atoms with Gasteiger partial charge in [-0.25, -0.2) is 9.59 Å². The maximum atomic E-state index is 12.0. The van der Waals surface area contributed by atoms with Crippen LogP contribution < -0.4 is 5.32 Å². The minimum atomic E-state index is -1.09. The molecule has 2 amide bonds. The number of hydrogen-bond donors (Lipinski definition) is 2. The van der Waals surface area contributed by atoms with Crippen LogP contribution in [0.3, 0.4) is 0 Å². The van der Waals surface area contributed by atoms with E-state index in [-0.39, 0.29) is 12.1 Å². The summed E-state index contributed by atoms with van der Waals surface area (Å²) in [7, 11) is 0. The van der Waals surface area contributed by atoms with Crippen molar-refractivity contribution in [1.29, 1.82) is 0 Å². The average molecular weight is 240 g/mol. The Bertz CT molecular complexity index is 330. The molecule has 0 aromatic carbocycles. The van der Waals surface area contributed by atoms with Crippen molar-refractivity contribution in [2.24, 2.45) is 0 Å². The molecule has 5 nitrogen and oxygen atoms in total. The van der Waals surface area contributed by atoms with Gasteiger partial charge in [-0.05, 0) is 33.1 Å². The maximum Gasteiger partial charge on any atom is 0.329 e. The Hall–Kier alpha value is -1.52. The number of nitrogens with zero attached hydrogens (tertiary/aromatic N) is 1. The zero-order chi connectivity index (χ0) is 13.1. The first-order chi connectivity index (χ1) is 7.91. The second kappa shape index (κ2) is 5.21. The maximum absolute atomic E-state index is 12.0. The Kier molecular flexibility index (Phi) is 4.15. The van der Waals surface area contributed by atoms with Gasteiger partial charge in [-0.1, -0.05) is 6.08 Å². The quantitative estimate of drug-likeness (QED) is 0.736. The van der Waals surface area contributed by atoms with E-state index in [1.165, 1.54) is 4.90 Å². The van der Waals surface area contributed by atoms with Crippen molar-refractivity contribution in [2.75, 3.05) is 6.54 Å². The molecule has 0 aromatic rings. The molecule has 1 fully saturated rings. The number of urea groups is 1. The summed E-state index contributed by atoms with van der Waals surface area (Å²) in [4.78, 5) is 24.7. The average Bonchev–Trinajstić information content (AvgIpc) is 2.29. The number of rotatable bonds is 3. The molecule has 2 N–H and O–H groups in total. The number of carbonyl (C=O) groups excluding carboxylic acids is 1. The van der Waals surface area contributed by atoms with Crippen LogP contribution >= 0.6 is 0 Å².